The van der Waals surface area contributed by atoms with Gasteiger partial charge in [0, 0.05) is 19.2 Å². The SMILES string of the molecule is CCc1ccc(C2CCCCN2C(=O)c2cc(C(=O)O)ccn2)o1. The van der Waals surface area contributed by atoms with Gasteiger partial charge >= 0.3 is 5.97 Å². The van der Waals surface area contributed by atoms with Crippen molar-refractivity contribution in [3.63, 3.8) is 0 Å². The zero-order chi connectivity index (χ0) is 17.1. The molecule has 0 aromatic carbocycles. The lowest BCUT2D eigenvalue weighted by atomic mass is 9.99. The van der Waals surface area contributed by atoms with E-state index in [-0.39, 0.29) is 23.2 Å². The highest BCUT2D eigenvalue weighted by Gasteiger charge is 2.31. The number of aryl methyl sites for hydroxylation is 1. The molecule has 1 amide bonds. The van der Waals surface area contributed by atoms with Crippen LogP contribution in [-0.4, -0.2) is 33.4 Å². The van der Waals surface area contributed by atoms with Gasteiger partial charge in [-0.15, -0.1) is 0 Å². The summed E-state index contributed by atoms with van der Waals surface area (Å²) in [5, 5.41) is 9.09. The molecular weight excluding hydrogens is 308 g/mol. The van der Waals surface area contributed by atoms with E-state index in [2.05, 4.69) is 4.98 Å². The van der Waals surface area contributed by atoms with Crippen LogP contribution in [0.3, 0.4) is 0 Å². The highest BCUT2D eigenvalue weighted by molar-refractivity contribution is 5.96. The van der Waals surface area contributed by atoms with Gasteiger partial charge in [0.25, 0.3) is 5.91 Å². The zero-order valence-electron chi connectivity index (χ0n) is 13.6. The van der Waals surface area contributed by atoms with Gasteiger partial charge in [0.05, 0.1) is 11.6 Å². The molecule has 6 nitrogen and oxygen atoms in total. The first-order valence-corrected chi connectivity index (χ1v) is 8.19. The molecule has 126 valence electrons. The standard InChI is InChI=1S/C18H20N2O4/c1-2-13-6-7-16(24-13)15-5-3-4-10-20(15)17(21)14-11-12(18(22)23)8-9-19-14/h6-9,11,15H,2-5,10H2,1H3,(H,22,23). The first-order valence-electron chi connectivity index (χ1n) is 8.19. The van der Waals surface area contributed by atoms with Crippen molar-refractivity contribution in [2.75, 3.05) is 6.54 Å². The van der Waals surface area contributed by atoms with Gasteiger partial charge in [-0.25, -0.2) is 4.79 Å². The number of carbonyl (C=O) groups is 2. The Bertz CT molecular complexity index is 753. The van der Waals surface area contributed by atoms with Gasteiger partial charge in [0.1, 0.15) is 17.2 Å². The van der Waals surface area contributed by atoms with E-state index in [1.165, 1.54) is 18.3 Å². The van der Waals surface area contributed by atoms with E-state index >= 15 is 0 Å². The summed E-state index contributed by atoms with van der Waals surface area (Å²) in [5.74, 6) is 0.362. The molecule has 1 N–H and O–H groups in total. The lowest BCUT2D eigenvalue weighted by molar-refractivity contribution is 0.0572. The van der Waals surface area contributed by atoms with Crippen molar-refractivity contribution < 1.29 is 19.1 Å². The maximum Gasteiger partial charge on any atom is 0.335 e. The van der Waals surface area contributed by atoms with Crippen molar-refractivity contribution in [1.29, 1.82) is 0 Å². The second kappa shape index (κ2) is 6.86. The number of hydrogen-bond acceptors (Lipinski definition) is 4. The molecule has 0 saturated carbocycles. The Kier molecular flexibility index (Phi) is 4.64. The molecule has 6 heteroatoms. The van der Waals surface area contributed by atoms with Gasteiger partial charge in [-0.1, -0.05) is 6.92 Å². The minimum atomic E-state index is -1.07. The van der Waals surface area contributed by atoms with Crippen molar-refractivity contribution in [3.8, 4) is 0 Å². The number of pyridine rings is 1. The Morgan fingerprint density at radius 1 is 1.33 bits per heavy atom. The molecule has 1 aliphatic rings. The summed E-state index contributed by atoms with van der Waals surface area (Å²) in [6.45, 7) is 2.64. The van der Waals surface area contributed by atoms with Crippen LogP contribution in [0.4, 0.5) is 0 Å². The number of aromatic nitrogens is 1. The number of carboxylic acid groups (broad SMARTS) is 1. The molecule has 1 unspecified atom stereocenters. The third-order valence-electron chi connectivity index (χ3n) is 4.35. The number of amides is 1. The number of rotatable bonds is 4. The molecule has 1 saturated heterocycles. The predicted octanol–water partition coefficient (Wildman–Crippen LogP) is 3.30. The van der Waals surface area contributed by atoms with Crippen molar-refractivity contribution in [2.45, 2.75) is 38.6 Å². The summed E-state index contributed by atoms with van der Waals surface area (Å²) in [4.78, 5) is 29.8. The van der Waals surface area contributed by atoms with Gasteiger partial charge in [-0.3, -0.25) is 9.78 Å². The fourth-order valence-electron chi connectivity index (χ4n) is 3.06. The van der Waals surface area contributed by atoms with Gasteiger partial charge in [0.2, 0.25) is 0 Å². The molecule has 1 fully saturated rings. The van der Waals surface area contributed by atoms with E-state index in [4.69, 9.17) is 9.52 Å². The van der Waals surface area contributed by atoms with Gasteiger partial charge in [-0.2, -0.15) is 0 Å². The second-order valence-electron chi connectivity index (χ2n) is 5.90. The number of nitrogens with zero attached hydrogens (tertiary/aromatic N) is 2. The minimum absolute atomic E-state index is 0.0631. The van der Waals surface area contributed by atoms with Crippen LogP contribution >= 0.6 is 0 Å². The number of furan rings is 1. The fraction of sp³-hybridized carbons (Fsp3) is 0.389. The number of piperidine rings is 1. The highest BCUT2D eigenvalue weighted by Crippen LogP contribution is 2.33. The molecule has 0 radical (unpaired) electrons. The number of aromatic carboxylic acids is 1. The number of carboxylic acids is 1. The molecular formula is C18H20N2O4. The van der Waals surface area contributed by atoms with E-state index in [1.54, 1.807) is 4.90 Å². The van der Waals surface area contributed by atoms with Crippen LogP contribution in [0.2, 0.25) is 0 Å². The molecule has 1 aliphatic heterocycles. The maximum atomic E-state index is 12.9. The summed E-state index contributed by atoms with van der Waals surface area (Å²) in [6.07, 6.45) is 4.95. The summed E-state index contributed by atoms with van der Waals surface area (Å²) >= 11 is 0. The van der Waals surface area contributed by atoms with Crippen LogP contribution in [-0.2, 0) is 6.42 Å². The van der Waals surface area contributed by atoms with E-state index in [0.717, 1.165) is 37.2 Å². The molecule has 0 bridgehead atoms. The van der Waals surface area contributed by atoms with Gasteiger partial charge in [-0.05, 0) is 43.5 Å². The Balaban J connectivity index is 1.88. The minimum Gasteiger partial charge on any atom is -0.478 e. The topological polar surface area (TPSA) is 83.6 Å². The van der Waals surface area contributed by atoms with Crippen LogP contribution in [0.25, 0.3) is 0 Å². The van der Waals surface area contributed by atoms with Crippen molar-refractivity contribution >= 4 is 11.9 Å². The molecule has 1 atom stereocenters. The van der Waals surface area contributed by atoms with Gasteiger partial charge in [0.15, 0.2) is 0 Å². The third-order valence-corrected chi connectivity index (χ3v) is 4.35. The highest BCUT2D eigenvalue weighted by atomic mass is 16.4. The Morgan fingerprint density at radius 2 is 2.17 bits per heavy atom. The monoisotopic (exact) mass is 328 g/mol. The molecule has 3 rings (SSSR count). The average molecular weight is 328 g/mol. The number of likely N-dealkylation sites (tertiary alicyclic amines) is 1. The number of carbonyl (C=O) groups excluding carboxylic acids is 1. The predicted molar refractivity (Wildman–Crippen MR) is 86.9 cm³/mol. The molecule has 24 heavy (non-hydrogen) atoms. The van der Waals surface area contributed by atoms with Crippen LogP contribution in [0.15, 0.2) is 34.9 Å². The smallest absolute Gasteiger partial charge is 0.335 e. The van der Waals surface area contributed by atoms with E-state index < -0.39 is 5.97 Å². The molecule has 2 aromatic rings. The molecule has 3 heterocycles. The fourth-order valence-corrected chi connectivity index (χ4v) is 3.06. The Labute approximate surface area is 140 Å². The Hall–Kier alpha value is -2.63. The maximum absolute atomic E-state index is 12.9. The lowest BCUT2D eigenvalue weighted by Gasteiger charge is -2.34. The first-order chi connectivity index (χ1) is 11.6. The van der Waals surface area contributed by atoms with Crippen molar-refractivity contribution in [3.05, 3.63) is 53.2 Å². The molecule has 2 aromatic heterocycles. The molecule has 0 spiro atoms. The van der Waals surface area contributed by atoms with Crippen molar-refractivity contribution in [1.82, 2.24) is 9.88 Å². The van der Waals surface area contributed by atoms with Crippen LogP contribution < -0.4 is 0 Å². The second-order valence-corrected chi connectivity index (χ2v) is 5.90. The zero-order valence-corrected chi connectivity index (χ0v) is 13.6. The van der Waals surface area contributed by atoms with E-state index in [9.17, 15) is 9.59 Å². The van der Waals surface area contributed by atoms with Gasteiger partial charge < -0.3 is 14.4 Å². The largest absolute Gasteiger partial charge is 0.478 e. The van der Waals surface area contributed by atoms with Crippen LogP contribution in [0.1, 0.15) is 64.6 Å². The number of hydrogen-bond donors (Lipinski definition) is 1. The normalized spacial score (nSPS) is 17.7. The lowest BCUT2D eigenvalue weighted by Crippen LogP contribution is -2.38. The van der Waals surface area contributed by atoms with Crippen LogP contribution in [0.5, 0.6) is 0 Å². The third kappa shape index (κ3) is 3.18. The first kappa shape index (κ1) is 16.2. The summed E-state index contributed by atoms with van der Waals surface area (Å²) < 4.78 is 5.84. The van der Waals surface area contributed by atoms with E-state index in [0.29, 0.717) is 6.54 Å². The average Bonchev–Trinajstić information content (AvgIpc) is 3.10. The summed E-state index contributed by atoms with van der Waals surface area (Å²) in [5.41, 5.74) is 0.220. The van der Waals surface area contributed by atoms with Crippen LogP contribution in [0, 0.1) is 0 Å². The summed E-state index contributed by atoms with van der Waals surface area (Å²) in [6, 6.07) is 6.45. The summed E-state index contributed by atoms with van der Waals surface area (Å²) in [7, 11) is 0. The molecule has 0 aliphatic carbocycles. The Morgan fingerprint density at radius 3 is 2.88 bits per heavy atom. The van der Waals surface area contributed by atoms with Crippen molar-refractivity contribution in [2.24, 2.45) is 0 Å². The van der Waals surface area contributed by atoms with E-state index in [1.807, 2.05) is 19.1 Å². The quantitative estimate of drug-likeness (QED) is 0.931.